The zero-order valence-electron chi connectivity index (χ0n) is 18.0. The summed E-state index contributed by atoms with van der Waals surface area (Å²) < 4.78 is 6.21. The highest BCUT2D eigenvalue weighted by Crippen LogP contribution is 2.34. The van der Waals surface area contributed by atoms with Gasteiger partial charge in [0.15, 0.2) is 5.13 Å². The number of carbonyl (C=O) groups excluding carboxylic acids is 1. The highest BCUT2D eigenvalue weighted by atomic mass is 79.9. The zero-order valence-corrected chi connectivity index (χ0v) is 21.2. The van der Waals surface area contributed by atoms with E-state index < -0.39 is 0 Å². The van der Waals surface area contributed by atoms with Gasteiger partial charge in [0.05, 0.1) is 30.6 Å². The maximum atomic E-state index is 13.7. The maximum Gasteiger partial charge on any atom is 0.270 e. The van der Waals surface area contributed by atoms with Crippen molar-refractivity contribution in [2.24, 2.45) is 0 Å². The molecule has 4 aromatic rings. The third kappa shape index (κ3) is 5.55. The van der Waals surface area contributed by atoms with Gasteiger partial charge in [-0.15, -0.1) is 0 Å². The van der Waals surface area contributed by atoms with Crippen molar-refractivity contribution in [3.63, 3.8) is 0 Å². The number of carbonyl (C=O) groups is 1. The van der Waals surface area contributed by atoms with E-state index in [0.29, 0.717) is 27.3 Å². The first-order chi connectivity index (χ1) is 15.9. The van der Waals surface area contributed by atoms with Crippen molar-refractivity contribution in [1.82, 2.24) is 4.98 Å². The van der Waals surface area contributed by atoms with Gasteiger partial charge in [0, 0.05) is 10.2 Å². The van der Waals surface area contributed by atoms with Crippen LogP contribution in [0.3, 0.4) is 0 Å². The Balaban J connectivity index is 1.65. The van der Waals surface area contributed by atoms with Crippen molar-refractivity contribution in [2.75, 3.05) is 17.3 Å². The van der Waals surface area contributed by atoms with Gasteiger partial charge in [-0.1, -0.05) is 69.2 Å². The van der Waals surface area contributed by atoms with E-state index in [-0.39, 0.29) is 5.91 Å². The lowest BCUT2D eigenvalue weighted by Crippen LogP contribution is -2.30. The lowest BCUT2D eigenvalue weighted by atomic mass is 10.1. The summed E-state index contributed by atoms with van der Waals surface area (Å²) >= 11 is 11.3. The number of nitrogens with zero attached hydrogens (tertiary/aromatic N) is 2. The van der Waals surface area contributed by atoms with Gasteiger partial charge in [-0.3, -0.25) is 4.79 Å². The highest BCUT2D eigenvalue weighted by Gasteiger charge is 2.24. The Kier molecular flexibility index (Phi) is 7.33. The molecule has 1 N–H and O–H groups in total. The maximum absolute atomic E-state index is 13.7. The number of para-hydroxylation sites is 1. The van der Waals surface area contributed by atoms with E-state index in [1.165, 1.54) is 11.3 Å². The predicted octanol–water partition coefficient (Wildman–Crippen LogP) is 7.47. The Morgan fingerprint density at radius 2 is 1.91 bits per heavy atom. The van der Waals surface area contributed by atoms with Crippen molar-refractivity contribution >= 4 is 61.3 Å². The van der Waals surface area contributed by atoms with Crippen LogP contribution in [0.2, 0.25) is 5.02 Å². The number of benzene rings is 3. The summed E-state index contributed by atoms with van der Waals surface area (Å²) in [6.45, 7) is 2.31. The van der Waals surface area contributed by atoms with Gasteiger partial charge < -0.3 is 15.0 Å². The number of aromatic nitrogens is 1. The molecule has 4 rings (SSSR count). The fraction of sp³-hybridized carbons (Fsp3) is 0.120. The number of aryl methyl sites for hydroxylation is 1. The summed E-state index contributed by atoms with van der Waals surface area (Å²) in [7, 11) is 1.63. The molecule has 3 aromatic carbocycles. The second kappa shape index (κ2) is 10.4. The van der Waals surface area contributed by atoms with Gasteiger partial charge in [-0.25, -0.2) is 4.98 Å². The Labute approximate surface area is 210 Å². The molecular formula is C25H21BrClN3O2S. The summed E-state index contributed by atoms with van der Waals surface area (Å²) in [6, 6.07) is 21.0. The second-order valence-electron chi connectivity index (χ2n) is 7.31. The number of methoxy groups -OCH3 is 1. The Morgan fingerprint density at radius 1 is 1.15 bits per heavy atom. The zero-order chi connectivity index (χ0) is 23.4. The van der Waals surface area contributed by atoms with Crippen LogP contribution in [0.5, 0.6) is 5.75 Å². The van der Waals surface area contributed by atoms with E-state index in [9.17, 15) is 4.79 Å². The third-order valence-electron chi connectivity index (χ3n) is 5.00. The molecule has 8 heteroatoms. The van der Waals surface area contributed by atoms with Crippen LogP contribution >= 0.6 is 38.9 Å². The van der Waals surface area contributed by atoms with Crippen LogP contribution in [0.1, 0.15) is 20.8 Å². The number of ether oxygens (including phenoxy) is 1. The quantitative estimate of drug-likeness (QED) is 0.263. The molecule has 0 fully saturated rings. The average Bonchev–Trinajstić information content (AvgIpc) is 3.26. The minimum Gasteiger partial charge on any atom is -0.497 e. The van der Waals surface area contributed by atoms with Crippen molar-refractivity contribution in [3.8, 4) is 5.75 Å². The van der Waals surface area contributed by atoms with Crippen LogP contribution in [-0.2, 0) is 6.54 Å². The minimum atomic E-state index is -0.165. The van der Waals surface area contributed by atoms with E-state index in [2.05, 4.69) is 26.2 Å². The number of anilines is 3. The molecule has 1 heterocycles. The molecule has 0 saturated heterocycles. The van der Waals surface area contributed by atoms with Gasteiger partial charge in [0.25, 0.3) is 5.91 Å². The smallest absolute Gasteiger partial charge is 0.270 e. The van der Waals surface area contributed by atoms with Crippen molar-refractivity contribution in [2.45, 2.75) is 13.5 Å². The summed E-state index contributed by atoms with van der Waals surface area (Å²) in [5.41, 5.74) is 3.45. The van der Waals surface area contributed by atoms with Crippen LogP contribution < -0.4 is 15.0 Å². The first kappa shape index (κ1) is 23.3. The summed E-state index contributed by atoms with van der Waals surface area (Å²) in [5.74, 6) is 0.595. The largest absolute Gasteiger partial charge is 0.497 e. The summed E-state index contributed by atoms with van der Waals surface area (Å²) in [5, 5.41) is 4.41. The topological polar surface area (TPSA) is 54.5 Å². The first-order valence-corrected chi connectivity index (χ1v) is 12.1. The van der Waals surface area contributed by atoms with E-state index in [1.807, 2.05) is 67.6 Å². The number of halogens is 2. The second-order valence-corrected chi connectivity index (χ2v) is 9.66. The molecule has 33 heavy (non-hydrogen) atoms. The fourth-order valence-corrected chi connectivity index (χ4v) is 4.89. The predicted molar refractivity (Wildman–Crippen MR) is 139 cm³/mol. The van der Waals surface area contributed by atoms with Gasteiger partial charge in [0.2, 0.25) is 0 Å². The monoisotopic (exact) mass is 541 g/mol. The normalized spacial score (nSPS) is 10.7. The molecule has 1 aromatic heterocycles. The van der Waals surface area contributed by atoms with Crippen LogP contribution in [0.4, 0.5) is 16.5 Å². The highest BCUT2D eigenvalue weighted by molar-refractivity contribution is 9.10. The van der Waals surface area contributed by atoms with E-state index >= 15 is 0 Å². The molecule has 0 aliphatic carbocycles. The summed E-state index contributed by atoms with van der Waals surface area (Å²) in [6.07, 6.45) is 1.60. The minimum absolute atomic E-state index is 0.165. The number of nitrogens with one attached hydrogen (secondary N) is 1. The SMILES string of the molecule is COc1ccc(CN(C(=O)c2cnc(Nc3cccc(Br)c3)s2)c2c(C)cccc2Cl)cc1. The van der Waals surface area contributed by atoms with Crippen molar-refractivity contribution in [3.05, 3.63) is 98.4 Å². The number of hydrogen-bond donors (Lipinski definition) is 1. The van der Waals surface area contributed by atoms with Gasteiger partial charge in [0.1, 0.15) is 10.6 Å². The Hall–Kier alpha value is -2.87. The molecule has 1 amide bonds. The molecule has 0 aliphatic rings. The average molecular weight is 543 g/mol. The van der Waals surface area contributed by atoms with Gasteiger partial charge >= 0.3 is 0 Å². The molecule has 0 bridgehead atoms. The van der Waals surface area contributed by atoms with E-state index in [0.717, 1.165) is 27.0 Å². The fourth-order valence-electron chi connectivity index (χ4n) is 3.38. The van der Waals surface area contributed by atoms with E-state index in [1.54, 1.807) is 24.3 Å². The third-order valence-corrected chi connectivity index (χ3v) is 6.69. The first-order valence-electron chi connectivity index (χ1n) is 10.1. The number of hydrogen-bond acceptors (Lipinski definition) is 5. The lowest BCUT2D eigenvalue weighted by molar-refractivity contribution is 0.0988. The van der Waals surface area contributed by atoms with Crippen molar-refractivity contribution in [1.29, 1.82) is 0 Å². The number of thiazole rings is 1. The van der Waals surface area contributed by atoms with Crippen molar-refractivity contribution < 1.29 is 9.53 Å². The molecule has 0 unspecified atom stereocenters. The molecule has 168 valence electrons. The Morgan fingerprint density at radius 3 is 2.61 bits per heavy atom. The molecule has 0 spiro atoms. The molecule has 0 atom stereocenters. The van der Waals surface area contributed by atoms with Crippen LogP contribution in [0, 0.1) is 6.92 Å². The molecule has 0 radical (unpaired) electrons. The molecular weight excluding hydrogens is 522 g/mol. The standard InChI is InChI=1S/C25H21BrClN3O2S/c1-16-5-3-8-21(27)23(16)30(15-17-9-11-20(32-2)12-10-17)24(31)22-14-28-25(33-22)29-19-7-4-6-18(26)13-19/h3-14H,15H2,1-2H3,(H,28,29). The molecule has 5 nitrogen and oxygen atoms in total. The van der Waals surface area contributed by atoms with Gasteiger partial charge in [-0.05, 0) is 54.4 Å². The van der Waals surface area contributed by atoms with Crippen LogP contribution in [-0.4, -0.2) is 18.0 Å². The Bertz CT molecular complexity index is 1260. The molecule has 0 saturated carbocycles. The van der Waals surface area contributed by atoms with E-state index in [4.69, 9.17) is 16.3 Å². The summed E-state index contributed by atoms with van der Waals surface area (Å²) in [4.78, 5) is 20.3. The molecule has 0 aliphatic heterocycles. The van der Waals surface area contributed by atoms with Gasteiger partial charge in [-0.2, -0.15) is 0 Å². The van der Waals surface area contributed by atoms with Crippen LogP contribution in [0.25, 0.3) is 0 Å². The van der Waals surface area contributed by atoms with Crippen LogP contribution in [0.15, 0.2) is 77.4 Å². The lowest BCUT2D eigenvalue weighted by Gasteiger charge is -2.25. The number of amides is 1. The number of rotatable bonds is 7.